The highest BCUT2D eigenvalue weighted by Crippen LogP contribution is 2.39. The molecule has 2 aromatic carbocycles. The van der Waals surface area contributed by atoms with Gasteiger partial charge in [0.25, 0.3) is 5.91 Å². The van der Waals surface area contributed by atoms with Crippen molar-refractivity contribution in [3.8, 4) is 23.0 Å². The average molecular weight is 396 g/mol. The number of carbonyl (C=O) groups excluding carboxylic acids is 1. The lowest BCUT2D eigenvalue weighted by molar-refractivity contribution is 0.0932. The largest absolute Gasteiger partial charge is 0.493 e. The fraction of sp³-hybridized carbons (Fsp3) is 0.318. The molecule has 7 nitrogen and oxygen atoms in total. The third-order valence-corrected chi connectivity index (χ3v) is 5.40. The molecule has 1 aliphatic rings. The van der Waals surface area contributed by atoms with E-state index in [1.54, 1.807) is 28.4 Å². The molecule has 0 saturated heterocycles. The Labute approximate surface area is 168 Å². The van der Waals surface area contributed by atoms with E-state index in [0.29, 0.717) is 28.7 Å². The van der Waals surface area contributed by atoms with Crippen LogP contribution in [0.25, 0.3) is 10.9 Å². The molecule has 0 saturated carbocycles. The summed E-state index contributed by atoms with van der Waals surface area (Å²) >= 11 is 0. The number of aromatic nitrogens is 1. The lowest BCUT2D eigenvalue weighted by Gasteiger charge is -2.16. The molecule has 2 N–H and O–H groups in total. The van der Waals surface area contributed by atoms with Crippen LogP contribution in [-0.4, -0.2) is 39.3 Å². The van der Waals surface area contributed by atoms with Crippen LogP contribution in [0.15, 0.2) is 30.3 Å². The molecule has 0 unspecified atom stereocenters. The van der Waals surface area contributed by atoms with Gasteiger partial charge in [-0.05, 0) is 48.2 Å². The first-order chi connectivity index (χ1) is 14.1. The molecule has 1 atom stereocenters. The molecule has 0 radical (unpaired) electrons. The minimum atomic E-state index is -0.160. The highest BCUT2D eigenvalue weighted by Gasteiger charge is 2.27. The zero-order valence-corrected chi connectivity index (χ0v) is 16.9. The maximum absolute atomic E-state index is 12.9. The quantitative estimate of drug-likeness (QED) is 0.665. The van der Waals surface area contributed by atoms with Crippen molar-refractivity contribution in [3.63, 3.8) is 0 Å². The normalized spacial score (nSPS) is 15.1. The minimum absolute atomic E-state index is 0.0761. The van der Waals surface area contributed by atoms with Crippen molar-refractivity contribution in [2.45, 2.75) is 18.9 Å². The van der Waals surface area contributed by atoms with Crippen molar-refractivity contribution in [1.29, 1.82) is 0 Å². The summed E-state index contributed by atoms with van der Waals surface area (Å²) in [5, 5.41) is 4.01. The molecule has 1 aliphatic carbocycles. The van der Waals surface area contributed by atoms with Crippen molar-refractivity contribution >= 4 is 16.8 Å². The Bertz CT molecular complexity index is 1030. The van der Waals surface area contributed by atoms with Crippen LogP contribution in [0.1, 0.15) is 34.1 Å². The first-order valence-electron chi connectivity index (χ1n) is 9.38. The molecule has 4 rings (SSSR count). The number of rotatable bonds is 6. The molecule has 0 aliphatic heterocycles. The fourth-order valence-corrected chi connectivity index (χ4v) is 3.90. The third-order valence-electron chi connectivity index (χ3n) is 5.40. The van der Waals surface area contributed by atoms with Crippen molar-refractivity contribution in [2.75, 3.05) is 28.4 Å². The van der Waals surface area contributed by atoms with Crippen molar-refractivity contribution in [3.05, 3.63) is 47.2 Å². The zero-order chi connectivity index (χ0) is 20.5. The van der Waals surface area contributed by atoms with Gasteiger partial charge in [-0.25, -0.2) is 0 Å². The van der Waals surface area contributed by atoms with E-state index in [4.69, 9.17) is 18.9 Å². The van der Waals surface area contributed by atoms with Crippen LogP contribution in [0.2, 0.25) is 0 Å². The molecule has 7 heteroatoms. The maximum atomic E-state index is 12.9. The van der Waals surface area contributed by atoms with E-state index < -0.39 is 0 Å². The predicted molar refractivity (Wildman–Crippen MR) is 109 cm³/mol. The van der Waals surface area contributed by atoms with E-state index >= 15 is 0 Å². The van der Waals surface area contributed by atoms with Crippen LogP contribution in [0.5, 0.6) is 23.0 Å². The molecule has 152 valence electrons. The van der Waals surface area contributed by atoms with Gasteiger partial charge in [0.1, 0.15) is 5.69 Å². The SMILES string of the molecule is COc1cc2c(cc1OC)[C@@H](NC(=O)c1cc3cc(OC)c(OC)cc3[nH]1)CC2. The number of aromatic amines is 1. The summed E-state index contributed by atoms with van der Waals surface area (Å²) in [5.74, 6) is 2.44. The van der Waals surface area contributed by atoms with Crippen LogP contribution >= 0.6 is 0 Å². The van der Waals surface area contributed by atoms with Crippen LogP contribution in [0.3, 0.4) is 0 Å². The summed E-state index contributed by atoms with van der Waals surface area (Å²) in [5.41, 5.74) is 3.53. The second kappa shape index (κ2) is 7.58. The Morgan fingerprint density at radius 1 is 0.897 bits per heavy atom. The smallest absolute Gasteiger partial charge is 0.268 e. The number of ether oxygens (including phenoxy) is 4. The molecule has 1 heterocycles. The molecular weight excluding hydrogens is 372 g/mol. The van der Waals surface area contributed by atoms with Gasteiger partial charge in [0.15, 0.2) is 23.0 Å². The standard InChI is InChI=1S/C22H24N2O5/c1-26-18-8-12-5-6-15(14(12)10-20(18)28-3)24-22(25)17-7-13-9-19(27-2)21(29-4)11-16(13)23-17/h7-11,15,23H,5-6H2,1-4H3,(H,24,25)/t15-/m0/s1. The summed E-state index contributed by atoms with van der Waals surface area (Å²) in [6.45, 7) is 0. The Morgan fingerprint density at radius 3 is 2.21 bits per heavy atom. The van der Waals surface area contributed by atoms with Crippen LogP contribution in [0.4, 0.5) is 0 Å². The molecule has 0 spiro atoms. The Morgan fingerprint density at radius 2 is 1.52 bits per heavy atom. The van der Waals surface area contributed by atoms with E-state index in [2.05, 4.69) is 10.3 Å². The van der Waals surface area contributed by atoms with Gasteiger partial charge in [-0.15, -0.1) is 0 Å². The van der Waals surface area contributed by atoms with E-state index in [9.17, 15) is 4.79 Å². The topological polar surface area (TPSA) is 81.8 Å². The van der Waals surface area contributed by atoms with E-state index in [0.717, 1.165) is 29.3 Å². The monoisotopic (exact) mass is 396 g/mol. The summed E-state index contributed by atoms with van der Waals surface area (Å²) in [7, 11) is 6.41. The van der Waals surface area contributed by atoms with Crippen molar-refractivity contribution in [1.82, 2.24) is 10.3 Å². The van der Waals surface area contributed by atoms with Crippen molar-refractivity contribution < 1.29 is 23.7 Å². The summed E-state index contributed by atoms with van der Waals surface area (Å²) in [6, 6.07) is 9.36. The molecule has 1 amide bonds. The number of carbonyl (C=O) groups is 1. The van der Waals surface area contributed by atoms with Crippen LogP contribution in [-0.2, 0) is 6.42 Å². The van der Waals surface area contributed by atoms with Gasteiger partial charge in [-0.2, -0.15) is 0 Å². The van der Waals surface area contributed by atoms with E-state index in [1.807, 2.05) is 30.3 Å². The van der Waals surface area contributed by atoms with Crippen molar-refractivity contribution in [2.24, 2.45) is 0 Å². The molecule has 0 fully saturated rings. The Balaban J connectivity index is 1.60. The highest BCUT2D eigenvalue weighted by atomic mass is 16.5. The molecule has 1 aromatic heterocycles. The fourth-order valence-electron chi connectivity index (χ4n) is 3.90. The first kappa shape index (κ1) is 19.0. The van der Waals surface area contributed by atoms with Gasteiger partial charge in [0.05, 0.1) is 34.5 Å². The molecule has 29 heavy (non-hydrogen) atoms. The lowest BCUT2D eigenvalue weighted by atomic mass is 10.1. The first-order valence-corrected chi connectivity index (χ1v) is 9.38. The molecule has 3 aromatic rings. The number of aryl methyl sites for hydroxylation is 1. The predicted octanol–water partition coefficient (Wildman–Crippen LogP) is 3.62. The number of amides is 1. The number of H-pyrrole nitrogens is 1. The van der Waals surface area contributed by atoms with Crippen LogP contribution < -0.4 is 24.3 Å². The van der Waals surface area contributed by atoms with Gasteiger partial charge in [-0.3, -0.25) is 4.79 Å². The van der Waals surface area contributed by atoms with Gasteiger partial charge in [-0.1, -0.05) is 0 Å². The number of fused-ring (bicyclic) bond motifs is 2. The summed E-state index contributed by atoms with van der Waals surface area (Å²) in [4.78, 5) is 16.1. The van der Waals surface area contributed by atoms with Gasteiger partial charge in [0.2, 0.25) is 0 Å². The average Bonchev–Trinajstić information content (AvgIpc) is 3.34. The zero-order valence-electron chi connectivity index (χ0n) is 16.9. The number of methoxy groups -OCH3 is 4. The second-order valence-corrected chi connectivity index (χ2v) is 6.95. The molecular formula is C22H24N2O5. The van der Waals surface area contributed by atoms with Crippen LogP contribution in [0, 0.1) is 0 Å². The summed E-state index contributed by atoms with van der Waals surface area (Å²) in [6.07, 6.45) is 1.71. The van der Waals surface area contributed by atoms with E-state index in [1.165, 1.54) is 5.56 Å². The lowest BCUT2D eigenvalue weighted by Crippen LogP contribution is -2.27. The number of hydrogen-bond acceptors (Lipinski definition) is 5. The second-order valence-electron chi connectivity index (χ2n) is 6.95. The molecule has 0 bridgehead atoms. The van der Waals surface area contributed by atoms with Gasteiger partial charge in [0, 0.05) is 17.0 Å². The number of benzene rings is 2. The summed E-state index contributed by atoms with van der Waals surface area (Å²) < 4.78 is 21.5. The number of nitrogens with one attached hydrogen (secondary N) is 2. The highest BCUT2D eigenvalue weighted by molar-refractivity contribution is 5.99. The van der Waals surface area contributed by atoms with E-state index in [-0.39, 0.29) is 11.9 Å². The number of hydrogen-bond donors (Lipinski definition) is 2. The Hall–Kier alpha value is -3.35. The van der Waals surface area contributed by atoms with Gasteiger partial charge < -0.3 is 29.2 Å². The Kier molecular flexibility index (Phi) is 4.96. The third kappa shape index (κ3) is 3.33. The van der Waals surface area contributed by atoms with Gasteiger partial charge >= 0.3 is 0 Å². The maximum Gasteiger partial charge on any atom is 0.268 e. The minimum Gasteiger partial charge on any atom is -0.493 e.